The fourth-order valence-electron chi connectivity index (χ4n) is 2.45. The van der Waals surface area contributed by atoms with Crippen LogP contribution in [0.15, 0.2) is 24.3 Å². The minimum Gasteiger partial charge on any atom is -0.368 e. The van der Waals surface area contributed by atoms with Gasteiger partial charge in [-0.15, -0.1) is 0 Å². The molecule has 0 bridgehead atoms. The number of nitrogens with zero attached hydrogens (tertiary/aromatic N) is 1. The van der Waals surface area contributed by atoms with Crippen LogP contribution in [-0.4, -0.2) is 44.2 Å². The van der Waals surface area contributed by atoms with E-state index in [0.717, 1.165) is 31.4 Å². The van der Waals surface area contributed by atoms with Crippen LogP contribution >= 0.6 is 0 Å². The lowest BCUT2D eigenvalue weighted by Crippen LogP contribution is -2.37. The summed E-state index contributed by atoms with van der Waals surface area (Å²) in [5, 5.41) is 3.04. The fourth-order valence-corrected chi connectivity index (χ4v) is 2.45. The summed E-state index contributed by atoms with van der Waals surface area (Å²) in [5.74, 6) is -0.337. The summed E-state index contributed by atoms with van der Waals surface area (Å²) in [7, 11) is 3.98. The molecule has 1 saturated heterocycles. The average molecular weight is 294 g/mol. The Kier molecular flexibility index (Phi) is 5.70. The van der Waals surface area contributed by atoms with Crippen LogP contribution in [0.2, 0.25) is 0 Å². The molecule has 5 heteroatoms. The van der Waals surface area contributed by atoms with Crippen molar-refractivity contribution in [2.75, 3.05) is 27.2 Å². The number of hydrogen-bond acceptors (Lipinski definition) is 3. The van der Waals surface area contributed by atoms with Crippen LogP contribution in [0.4, 0.5) is 4.39 Å². The van der Waals surface area contributed by atoms with E-state index >= 15 is 0 Å². The molecule has 1 aliphatic rings. The third-order valence-electron chi connectivity index (χ3n) is 3.68. The largest absolute Gasteiger partial charge is 0.368 e. The quantitative estimate of drug-likeness (QED) is 0.874. The lowest BCUT2D eigenvalue weighted by molar-refractivity contribution is -0.130. The highest BCUT2D eigenvalue weighted by Gasteiger charge is 2.26. The van der Waals surface area contributed by atoms with Gasteiger partial charge in [-0.3, -0.25) is 4.79 Å². The Labute approximate surface area is 125 Å². The van der Waals surface area contributed by atoms with Crippen molar-refractivity contribution >= 4 is 5.91 Å². The number of carbonyl (C=O) groups excluding carboxylic acids is 1. The molecule has 116 valence electrons. The van der Waals surface area contributed by atoms with Crippen molar-refractivity contribution in [3.63, 3.8) is 0 Å². The first-order valence-corrected chi connectivity index (χ1v) is 7.38. The summed E-state index contributed by atoms with van der Waals surface area (Å²) in [6.45, 7) is 1.49. The number of hydrogen-bond donors (Lipinski definition) is 1. The van der Waals surface area contributed by atoms with Gasteiger partial charge in [-0.05, 0) is 57.6 Å². The van der Waals surface area contributed by atoms with Crippen LogP contribution in [0.3, 0.4) is 0 Å². The number of carbonyl (C=O) groups is 1. The van der Waals surface area contributed by atoms with Crippen molar-refractivity contribution in [2.45, 2.75) is 31.4 Å². The SMILES string of the molecule is CN(C)CC[C@H](NC(=O)[C@H]1CCCO1)c1ccc(F)cc1. The van der Waals surface area contributed by atoms with E-state index < -0.39 is 0 Å². The summed E-state index contributed by atoms with van der Waals surface area (Å²) in [5.41, 5.74) is 0.921. The highest BCUT2D eigenvalue weighted by molar-refractivity contribution is 5.81. The molecule has 1 heterocycles. The van der Waals surface area contributed by atoms with Crippen molar-refractivity contribution in [3.05, 3.63) is 35.6 Å². The Morgan fingerprint density at radius 3 is 2.71 bits per heavy atom. The third-order valence-corrected chi connectivity index (χ3v) is 3.68. The van der Waals surface area contributed by atoms with Crippen molar-refractivity contribution in [1.82, 2.24) is 10.2 Å². The minimum atomic E-state index is -0.340. The van der Waals surface area contributed by atoms with Crippen molar-refractivity contribution in [2.24, 2.45) is 0 Å². The Bertz CT molecular complexity index is 456. The topological polar surface area (TPSA) is 41.6 Å². The second kappa shape index (κ2) is 7.52. The van der Waals surface area contributed by atoms with Crippen LogP contribution in [0, 0.1) is 5.82 Å². The second-order valence-electron chi connectivity index (χ2n) is 5.71. The summed E-state index contributed by atoms with van der Waals surface area (Å²) in [6, 6.07) is 6.19. The normalized spacial score (nSPS) is 19.7. The van der Waals surface area contributed by atoms with Gasteiger partial charge in [0, 0.05) is 6.61 Å². The molecular weight excluding hydrogens is 271 g/mol. The molecule has 0 unspecified atom stereocenters. The van der Waals surface area contributed by atoms with E-state index in [9.17, 15) is 9.18 Å². The first-order valence-electron chi connectivity index (χ1n) is 7.38. The van der Waals surface area contributed by atoms with E-state index in [1.165, 1.54) is 12.1 Å². The lowest BCUT2D eigenvalue weighted by atomic mass is 10.0. The van der Waals surface area contributed by atoms with E-state index in [4.69, 9.17) is 4.74 Å². The number of rotatable bonds is 6. The maximum Gasteiger partial charge on any atom is 0.249 e. The van der Waals surface area contributed by atoms with Gasteiger partial charge in [0.15, 0.2) is 0 Å². The van der Waals surface area contributed by atoms with Gasteiger partial charge in [0.25, 0.3) is 0 Å². The van der Waals surface area contributed by atoms with Crippen molar-refractivity contribution in [1.29, 1.82) is 0 Å². The molecule has 0 aromatic heterocycles. The van der Waals surface area contributed by atoms with Crippen LogP contribution < -0.4 is 5.32 Å². The van der Waals surface area contributed by atoms with E-state index in [2.05, 4.69) is 10.2 Å². The van der Waals surface area contributed by atoms with Gasteiger partial charge in [0.2, 0.25) is 5.91 Å². The molecule has 0 radical (unpaired) electrons. The summed E-state index contributed by atoms with van der Waals surface area (Å²) in [6.07, 6.45) is 2.14. The van der Waals surface area contributed by atoms with E-state index in [-0.39, 0.29) is 23.9 Å². The predicted molar refractivity (Wildman–Crippen MR) is 79.4 cm³/mol. The number of ether oxygens (including phenoxy) is 1. The zero-order valence-electron chi connectivity index (χ0n) is 12.6. The van der Waals surface area contributed by atoms with Gasteiger partial charge in [0.05, 0.1) is 6.04 Å². The molecule has 0 saturated carbocycles. The van der Waals surface area contributed by atoms with Gasteiger partial charge in [-0.25, -0.2) is 4.39 Å². The van der Waals surface area contributed by atoms with Crippen LogP contribution in [-0.2, 0) is 9.53 Å². The van der Waals surface area contributed by atoms with Gasteiger partial charge >= 0.3 is 0 Å². The van der Waals surface area contributed by atoms with E-state index in [0.29, 0.717) is 6.61 Å². The molecule has 21 heavy (non-hydrogen) atoms. The first kappa shape index (κ1) is 15.9. The number of benzene rings is 1. The molecule has 1 aromatic carbocycles. The van der Waals surface area contributed by atoms with Gasteiger partial charge in [-0.1, -0.05) is 12.1 Å². The monoisotopic (exact) mass is 294 g/mol. The Morgan fingerprint density at radius 1 is 1.43 bits per heavy atom. The maximum absolute atomic E-state index is 13.1. The highest BCUT2D eigenvalue weighted by Crippen LogP contribution is 2.20. The molecule has 4 nitrogen and oxygen atoms in total. The Morgan fingerprint density at radius 2 is 2.14 bits per heavy atom. The zero-order valence-corrected chi connectivity index (χ0v) is 12.6. The smallest absolute Gasteiger partial charge is 0.249 e. The Balaban J connectivity index is 2.03. The summed E-state index contributed by atoms with van der Waals surface area (Å²) in [4.78, 5) is 14.3. The number of amides is 1. The molecule has 0 spiro atoms. The zero-order chi connectivity index (χ0) is 15.2. The van der Waals surface area contributed by atoms with Gasteiger partial charge in [0.1, 0.15) is 11.9 Å². The molecule has 1 N–H and O–H groups in total. The van der Waals surface area contributed by atoms with E-state index in [1.54, 1.807) is 12.1 Å². The molecule has 1 fully saturated rings. The van der Waals surface area contributed by atoms with Crippen LogP contribution in [0.1, 0.15) is 30.9 Å². The number of halogens is 1. The number of nitrogens with one attached hydrogen (secondary N) is 1. The standard InChI is InChI=1S/C16H23FN2O2/c1-19(2)10-9-14(12-5-7-13(17)8-6-12)18-16(20)15-4-3-11-21-15/h5-8,14-15H,3-4,9-11H2,1-2H3,(H,18,20)/t14-,15+/m0/s1. The predicted octanol–water partition coefficient (Wildman–Crippen LogP) is 2.11. The van der Waals surface area contributed by atoms with Crippen LogP contribution in [0.5, 0.6) is 0 Å². The van der Waals surface area contributed by atoms with E-state index in [1.807, 2.05) is 14.1 Å². The molecule has 2 rings (SSSR count). The van der Waals surface area contributed by atoms with Crippen LogP contribution in [0.25, 0.3) is 0 Å². The molecule has 1 amide bonds. The lowest BCUT2D eigenvalue weighted by Gasteiger charge is -2.22. The molecule has 2 atom stereocenters. The van der Waals surface area contributed by atoms with Gasteiger partial charge in [-0.2, -0.15) is 0 Å². The summed E-state index contributed by atoms with van der Waals surface area (Å²) >= 11 is 0. The average Bonchev–Trinajstić information content (AvgIpc) is 2.98. The third kappa shape index (κ3) is 4.79. The second-order valence-corrected chi connectivity index (χ2v) is 5.71. The maximum atomic E-state index is 13.1. The van der Waals surface area contributed by atoms with Gasteiger partial charge < -0.3 is 15.0 Å². The minimum absolute atomic E-state index is 0.0689. The van der Waals surface area contributed by atoms with Crippen molar-refractivity contribution < 1.29 is 13.9 Å². The molecular formula is C16H23FN2O2. The van der Waals surface area contributed by atoms with Crippen molar-refractivity contribution in [3.8, 4) is 0 Å². The molecule has 1 aromatic rings. The molecule has 0 aliphatic carbocycles. The highest BCUT2D eigenvalue weighted by atomic mass is 19.1. The fraction of sp³-hybridized carbons (Fsp3) is 0.562. The summed E-state index contributed by atoms with van der Waals surface area (Å²) < 4.78 is 18.5. The Hall–Kier alpha value is -1.46. The first-order chi connectivity index (χ1) is 10.1. The molecule has 1 aliphatic heterocycles.